The number of halogens is 1. The van der Waals surface area contributed by atoms with Crippen LogP contribution in [0, 0.1) is 5.82 Å². The number of pyridine rings is 1. The molecule has 1 aliphatic carbocycles. The second-order valence-electron chi connectivity index (χ2n) is 7.62. The maximum Gasteiger partial charge on any atom is 0.256 e. The van der Waals surface area contributed by atoms with Crippen molar-refractivity contribution in [2.75, 3.05) is 0 Å². The molecule has 146 valence electrons. The first-order valence-electron chi connectivity index (χ1n) is 9.91. The van der Waals surface area contributed by atoms with Gasteiger partial charge in [0.25, 0.3) is 5.91 Å². The molecule has 1 aromatic heterocycles. The number of benzene rings is 1. The third-order valence-corrected chi connectivity index (χ3v) is 5.64. The quantitative estimate of drug-likeness (QED) is 0.858. The molecule has 0 spiro atoms. The van der Waals surface area contributed by atoms with Gasteiger partial charge in [-0.25, -0.2) is 4.39 Å². The molecule has 0 bridgehead atoms. The lowest BCUT2D eigenvalue weighted by Crippen LogP contribution is -2.38. The van der Waals surface area contributed by atoms with Gasteiger partial charge in [-0.3, -0.25) is 14.6 Å². The summed E-state index contributed by atoms with van der Waals surface area (Å²) in [4.78, 5) is 31.7. The van der Waals surface area contributed by atoms with Gasteiger partial charge in [-0.2, -0.15) is 0 Å². The number of hydrogen-bond donors (Lipinski definition) is 1. The van der Waals surface area contributed by atoms with Crippen LogP contribution in [0.15, 0.2) is 42.6 Å². The number of hydrogen-bond acceptors (Lipinski definition) is 3. The van der Waals surface area contributed by atoms with Crippen molar-refractivity contribution in [3.8, 4) is 0 Å². The van der Waals surface area contributed by atoms with Gasteiger partial charge in [0.1, 0.15) is 5.82 Å². The number of nitrogens with one attached hydrogen (secondary N) is 1. The molecule has 5 nitrogen and oxygen atoms in total. The zero-order valence-electron chi connectivity index (χ0n) is 15.7. The van der Waals surface area contributed by atoms with E-state index in [1.807, 2.05) is 0 Å². The molecule has 2 heterocycles. The van der Waals surface area contributed by atoms with Gasteiger partial charge in [0.05, 0.1) is 23.7 Å². The molecule has 0 saturated heterocycles. The molecular formula is C22H24FN3O2. The number of carbonyl (C=O) groups is 2. The highest BCUT2D eigenvalue weighted by Gasteiger charge is 2.39. The predicted molar refractivity (Wildman–Crippen MR) is 103 cm³/mol. The van der Waals surface area contributed by atoms with Crippen molar-refractivity contribution in [2.45, 2.75) is 57.2 Å². The number of rotatable bonds is 5. The molecule has 1 fully saturated rings. The van der Waals surface area contributed by atoms with Crippen LogP contribution in [0.2, 0.25) is 0 Å². The van der Waals surface area contributed by atoms with Crippen molar-refractivity contribution in [1.82, 2.24) is 15.2 Å². The van der Waals surface area contributed by atoms with Gasteiger partial charge in [-0.1, -0.05) is 31.4 Å². The molecule has 1 saturated carbocycles. The molecule has 6 heteroatoms. The first-order valence-corrected chi connectivity index (χ1v) is 9.91. The fourth-order valence-electron chi connectivity index (χ4n) is 4.19. The molecule has 1 N–H and O–H groups in total. The van der Waals surface area contributed by atoms with Crippen molar-refractivity contribution in [3.05, 3.63) is 65.2 Å². The Kier molecular flexibility index (Phi) is 5.37. The van der Waals surface area contributed by atoms with E-state index in [4.69, 9.17) is 0 Å². The van der Waals surface area contributed by atoms with Gasteiger partial charge < -0.3 is 10.2 Å². The summed E-state index contributed by atoms with van der Waals surface area (Å²) in [6, 6.07) is 9.40. The molecule has 1 aromatic carbocycles. The molecule has 2 aliphatic rings. The molecule has 28 heavy (non-hydrogen) atoms. The van der Waals surface area contributed by atoms with Crippen LogP contribution in [-0.2, 0) is 11.3 Å². The maximum absolute atomic E-state index is 13.2. The average Bonchev–Trinajstić information content (AvgIpc) is 2.96. The normalized spacial score (nSPS) is 19.5. The lowest BCUT2D eigenvalue weighted by atomic mass is 9.95. The third-order valence-electron chi connectivity index (χ3n) is 5.64. The molecule has 2 amide bonds. The largest absolute Gasteiger partial charge is 0.353 e. The Morgan fingerprint density at radius 2 is 1.89 bits per heavy atom. The van der Waals surface area contributed by atoms with E-state index in [-0.39, 0.29) is 30.1 Å². The topological polar surface area (TPSA) is 62.3 Å². The Balaban J connectivity index is 1.53. The zero-order chi connectivity index (χ0) is 19.5. The summed E-state index contributed by atoms with van der Waals surface area (Å²) >= 11 is 0. The maximum atomic E-state index is 13.2. The molecule has 0 unspecified atom stereocenters. The highest BCUT2D eigenvalue weighted by Crippen LogP contribution is 2.35. The molecule has 2 aromatic rings. The van der Waals surface area contributed by atoms with Crippen LogP contribution >= 0.6 is 0 Å². The van der Waals surface area contributed by atoms with Crippen molar-refractivity contribution in [3.63, 3.8) is 0 Å². The van der Waals surface area contributed by atoms with Crippen LogP contribution in [0.4, 0.5) is 4.39 Å². The lowest BCUT2D eigenvalue weighted by Gasteiger charge is -2.27. The first kappa shape index (κ1) is 18.6. The molecular weight excluding hydrogens is 357 g/mol. The van der Waals surface area contributed by atoms with Crippen LogP contribution in [0.3, 0.4) is 0 Å². The van der Waals surface area contributed by atoms with E-state index in [0.29, 0.717) is 17.8 Å². The van der Waals surface area contributed by atoms with Gasteiger partial charge in [0.2, 0.25) is 5.91 Å². The van der Waals surface area contributed by atoms with E-state index in [1.165, 1.54) is 18.6 Å². The number of amides is 2. The minimum absolute atomic E-state index is 0.0488. The van der Waals surface area contributed by atoms with Crippen LogP contribution in [0.1, 0.15) is 66.2 Å². The van der Waals surface area contributed by atoms with Gasteiger partial charge in [0, 0.05) is 18.8 Å². The van der Waals surface area contributed by atoms with Gasteiger partial charge in [-0.05, 0) is 42.7 Å². The monoisotopic (exact) mass is 381 g/mol. The third kappa shape index (κ3) is 3.91. The standard InChI is InChI=1S/C22H24FN3O2/c23-16-10-8-15(9-11-16)14-26-19(21-18(22(26)28)7-4-12-24-21)13-20(27)25-17-5-2-1-3-6-17/h4,7-12,17,19H,1-3,5-6,13-14H2,(H,25,27)/t19-/m1/s1. The van der Waals surface area contributed by atoms with Gasteiger partial charge in [0.15, 0.2) is 0 Å². The van der Waals surface area contributed by atoms with Crippen LogP contribution in [-0.4, -0.2) is 27.7 Å². The Bertz CT molecular complexity index is 862. The number of fused-ring (bicyclic) bond motifs is 1. The molecule has 4 rings (SSSR count). The Hall–Kier alpha value is -2.76. The van der Waals surface area contributed by atoms with Crippen molar-refractivity contribution in [1.29, 1.82) is 0 Å². The smallest absolute Gasteiger partial charge is 0.256 e. The summed E-state index contributed by atoms with van der Waals surface area (Å²) in [5.41, 5.74) is 2.01. The fourth-order valence-corrected chi connectivity index (χ4v) is 4.19. The molecule has 0 radical (unpaired) electrons. The van der Waals surface area contributed by atoms with Gasteiger partial charge >= 0.3 is 0 Å². The highest BCUT2D eigenvalue weighted by atomic mass is 19.1. The summed E-state index contributed by atoms with van der Waals surface area (Å²) < 4.78 is 13.2. The Morgan fingerprint density at radius 3 is 2.64 bits per heavy atom. The summed E-state index contributed by atoms with van der Waals surface area (Å²) in [6.45, 7) is 0.316. The SMILES string of the molecule is O=C(C[C@@H]1c2ncccc2C(=O)N1Cc1ccc(F)cc1)NC1CCCCC1. The van der Waals surface area contributed by atoms with Crippen LogP contribution < -0.4 is 5.32 Å². The minimum Gasteiger partial charge on any atom is -0.353 e. The predicted octanol–water partition coefficient (Wildman–Crippen LogP) is 3.76. The number of nitrogens with zero attached hydrogens (tertiary/aromatic N) is 2. The minimum atomic E-state index is -0.405. The summed E-state index contributed by atoms with van der Waals surface area (Å²) in [7, 11) is 0. The molecule has 1 atom stereocenters. The number of aromatic nitrogens is 1. The summed E-state index contributed by atoms with van der Waals surface area (Å²) in [5.74, 6) is -0.500. The summed E-state index contributed by atoms with van der Waals surface area (Å²) in [5, 5.41) is 3.13. The Morgan fingerprint density at radius 1 is 1.14 bits per heavy atom. The van der Waals surface area contributed by atoms with E-state index in [0.717, 1.165) is 31.2 Å². The van der Waals surface area contributed by atoms with Gasteiger partial charge in [-0.15, -0.1) is 0 Å². The van der Waals surface area contributed by atoms with E-state index in [9.17, 15) is 14.0 Å². The van der Waals surface area contributed by atoms with E-state index in [1.54, 1.807) is 35.4 Å². The van der Waals surface area contributed by atoms with E-state index < -0.39 is 6.04 Å². The number of carbonyl (C=O) groups excluding carboxylic acids is 2. The highest BCUT2D eigenvalue weighted by molar-refractivity contribution is 5.99. The van der Waals surface area contributed by atoms with E-state index >= 15 is 0 Å². The van der Waals surface area contributed by atoms with Crippen molar-refractivity contribution in [2.24, 2.45) is 0 Å². The fraction of sp³-hybridized carbons (Fsp3) is 0.409. The second kappa shape index (κ2) is 8.09. The zero-order valence-corrected chi connectivity index (χ0v) is 15.7. The summed E-state index contributed by atoms with van der Waals surface area (Å²) in [6.07, 6.45) is 7.40. The van der Waals surface area contributed by atoms with Crippen LogP contribution in [0.25, 0.3) is 0 Å². The molecule has 1 aliphatic heterocycles. The van der Waals surface area contributed by atoms with E-state index in [2.05, 4.69) is 10.3 Å². The second-order valence-corrected chi connectivity index (χ2v) is 7.62. The first-order chi connectivity index (χ1) is 13.6. The lowest BCUT2D eigenvalue weighted by molar-refractivity contribution is -0.123. The van der Waals surface area contributed by atoms with Crippen LogP contribution in [0.5, 0.6) is 0 Å². The Labute approximate surface area is 164 Å². The van der Waals surface area contributed by atoms with Crippen molar-refractivity contribution < 1.29 is 14.0 Å². The average molecular weight is 381 g/mol. The van der Waals surface area contributed by atoms with Crippen molar-refractivity contribution >= 4 is 11.8 Å².